The third-order valence-corrected chi connectivity index (χ3v) is 13.8. The van der Waals surface area contributed by atoms with Gasteiger partial charge in [-0.2, -0.15) is 0 Å². The van der Waals surface area contributed by atoms with Crippen molar-refractivity contribution in [2.45, 2.75) is 12.8 Å². The molecule has 6 nitrogen and oxygen atoms in total. The van der Waals surface area contributed by atoms with Gasteiger partial charge in [0.15, 0.2) is 17.5 Å². The lowest BCUT2D eigenvalue weighted by molar-refractivity contribution is 0.669. The quantitative estimate of drug-likeness (QED) is 0.160. The van der Waals surface area contributed by atoms with E-state index in [1.165, 1.54) is 43.7 Å². The summed E-state index contributed by atoms with van der Waals surface area (Å²) in [5.74, 6) is 1.88. The van der Waals surface area contributed by atoms with Crippen molar-refractivity contribution in [3.63, 3.8) is 0 Å². The fourth-order valence-corrected chi connectivity index (χ4v) is 10.5. The fourth-order valence-electron chi connectivity index (χ4n) is 10.5. The standard InChI is InChI=1S/C63H41N5O/c1-5-16-40(17-6-1)61-64-62(41-18-7-2-8-19-41)66-63(65-61)50-26-15-25-49-54-39-45(31-35-59(54)69-60(49)50)44-30-34-58-53(38-44)52-37-43(29-33-57(52)68(58)47-22-11-4-12-23-47)42-28-32-56-51(36-42)48-24-13-14-27-55(48)67(56)46-20-9-3-10-21-46/h1,3-7,9-39H,2,8H2. The molecule has 4 heterocycles. The van der Waals surface area contributed by atoms with Crippen molar-refractivity contribution >= 4 is 71.1 Å². The summed E-state index contributed by atoms with van der Waals surface area (Å²) < 4.78 is 11.5. The zero-order chi connectivity index (χ0) is 45.4. The monoisotopic (exact) mass is 883 g/mol. The van der Waals surface area contributed by atoms with Crippen LogP contribution in [0, 0.1) is 0 Å². The summed E-state index contributed by atoms with van der Waals surface area (Å²) in [7, 11) is 0. The number of hydrogen-bond acceptors (Lipinski definition) is 4. The van der Waals surface area contributed by atoms with E-state index in [1.54, 1.807) is 0 Å². The third kappa shape index (κ3) is 6.45. The Morgan fingerprint density at radius 2 is 0.870 bits per heavy atom. The number of para-hydroxylation sites is 4. The van der Waals surface area contributed by atoms with Crippen LogP contribution in [-0.2, 0) is 0 Å². The van der Waals surface area contributed by atoms with Gasteiger partial charge < -0.3 is 13.6 Å². The minimum atomic E-state index is 0.585. The maximum atomic E-state index is 6.74. The van der Waals surface area contributed by atoms with Gasteiger partial charge in [0.05, 0.1) is 27.6 Å². The Morgan fingerprint density at radius 3 is 1.49 bits per heavy atom. The van der Waals surface area contributed by atoms with Crippen LogP contribution >= 0.6 is 0 Å². The van der Waals surface area contributed by atoms with E-state index < -0.39 is 0 Å². The number of nitrogens with zero attached hydrogens (tertiary/aromatic N) is 5. The van der Waals surface area contributed by atoms with Gasteiger partial charge in [-0.15, -0.1) is 0 Å². The molecule has 0 spiro atoms. The first-order chi connectivity index (χ1) is 34.2. The van der Waals surface area contributed by atoms with E-state index in [4.69, 9.17) is 19.4 Å². The molecule has 0 atom stereocenters. The van der Waals surface area contributed by atoms with Gasteiger partial charge in [0.1, 0.15) is 11.2 Å². The van der Waals surface area contributed by atoms with Gasteiger partial charge in [0, 0.05) is 54.8 Å². The summed E-state index contributed by atoms with van der Waals surface area (Å²) in [6, 6.07) is 73.7. The molecule has 0 unspecified atom stereocenters. The van der Waals surface area contributed by atoms with Crippen LogP contribution in [0.3, 0.4) is 0 Å². The predicted octanol–water partition coefficient (Wildman–Crippen LogP) is 16.4. The van der Waals surface area contributed by atoms with Crippen LogP contribution in [0.5, 0.6) is 0 Å². The van der Waals surface area contributed by atoms with E-state index in [0.29, 0.717) is 17.5 Å². The molecular formula is C63H41N5O. The van der Waals surface area contributed by atoms with Crippen LogP contribution in [-0.4, -0.2) is 24.1 Å². The minimum absolute atomic E-state index is 0.585. The molecule has 0 amide bonds. The first-order valence-corrected chi connectivity index (χ1v) is 23.6. The number of benzene rings is 9. The molecule has 14 rings (SSSR count). The van der Waals surface area contributed by atoms with Crippen molar-refractivity contribution in [2.24, 2.45) is 0 Å². The maximum Gasteiger partial charge on any atom is 0.167 e. The molecule has 9 aromatic carbocycles. The summed E-state index contributed by atoms with van der Waals surface area (Å²) in [6.45, 7) is 0. The highest BCUT2D eigenvalue weighted by atomic mass is 16.3. The molecular weight excluding hydrogens is 843 g/mol. The molecule has 13 aromatic rings. The van der Waals surface area contributed by atoms with Crippen molar-refractivity contribution in [3.8, 4) is 56.4 Å². The number of allylic oxidation sites excluding steroid dienone is 4. The number of hydrogen-bond donors (Lipinski definition) is 0. The Balaban J connectivity index is 0.904. The Morgan fingerprint density at radius 1 is 0.362 bits per heavy atom. The minimum Gasteiger partial charge on any atom is -0.455 e. The Kier molecular flexibility index (Phi) is 8.92. The van der Waals surface area contributed by atoms with Crippen molar-refractivity contribution in [3.05, 3.63) is 230 Å². The average Bonchev–Trinajstić information content (AvgIpc) is 4.08. The summed E-state index contributed by atoms with van der Waals surface area (Å²) in [6.07, 6.45) is 8.48. The zero-order valence-electron chi connectivity index (χ0n) is 37.4. The lowest BCUT2D eigenvalue weighted by Crippen LogP contribution is -2.03. The Hall–Kier alpha value is -9.13. The van der Waals surface area contributed by atoms with Crippen molar-refractivity contribution in [2.75, 3.05) is 0 Å². The molecule has 0 fully saturated rings. The smallest absolute Gasteiger partial charge is 0.167 e. The van der Waals surface area contributed by atoms with Gasteiger partial charge in [-0.25, -0.2) is 15.0 Å². The molecule has 0 N–H and O–H groups in total. The molecule has 0 saturated carbocycles. The molecule has 0 radical (unpaired) electrons. The highest BCUT2D eigenvalue weighted by Gasteiger charge is 2.21. The first-order valence-electron chi connectivity index (χ1n) is 23.6. The topological polar surface area (TPSA) is 61.7 Å². The van der Waals surface area contributed by atoms with E-state index in [9.17, 15) is 0 Å². The third-order valence-electron chi connectivity index (χ3n) is 13.8. The average molecular weight is 884 g/mol. The van der Waals surface area contributed by atoms with Gasteiger partial charge in [-0.1, -0.05) is 140 Å². The van der Waals surface area contributed by atoms with Crippen molar-refractivity contribution in [1.29, 1.82) is 0 Å². The second kappa shape index (κ2) is 15.8. The zero-order valence-corrected chi connectivity index (χ0v) is 37.4. The summed E-state index contributed by atoms with van der Waals surface area (Å²) in [5.41, 5.74) is 15.9. The summed E-state index contributed by atoms with van der Waals surface area (Å²) in [4.78, 5) is 15.1. The van der Waals surface area contributed by atoms with Gasteiger partial charge in [0.25, 0.3) is 0 Å². The van der Waals surface area contributed by atoms with E-state index >= 15 is 0 Å². The van der Waals surface area contributed by atoms with Gasteiger partial charge >= 0.3 is 0 Å². The molecule has 4 aromatic heterocycles. The van der Waals surface area contributed by atoms with Crippen LogP contribution in [0.2, 0.25) is 0 Å². The largest absolute Gasteiger partial charge is 0.455 e. The van der Waals surface area contributed by atoms with E-state index in [-0.39, 0.29) is 0 Å². The Bertz CT molecular complexity index is 4230. The van der Waals surface area contributed by atoms with Crippen molar-refractivity contribution < 1.29 is 4.42 Å². The second-order valence-electron chi connectivity index (χ2n) is 17.9. The lowest BCUT2D eigenvalue weighted by atomic mass is 9.98. The van der Waals surface area contributed by atoms with E-state index in [2.05, 4.69) is 203 Å². The van der Waals surface area contributed by atoms with Crippen LogP contribution in [0.4, 0.5) is 0 Å². The van der Waals surface area contributed by atoms with Crippen LogP contribution < -0.4 is 0 Å². The number of aromatic nitrogens is 5. The van der Waals surface area contributed by atoms with Gasteiger partial charge in [-0.3, -0.25) is 0 Å². The SMILES string of the molecule is C1=CC(c2nc(-c3ccccc3)nc(-c3cccc4c3oc3ccc(-c5ccc6c(c5)c5cc(-c7ccc8c(c7)c7ccccc7n8-c7ccccc7)ccc5n6-c5ccccc5)cc34)n2)=CCC1. The molecule has 1 aliphatic rings. The highest BCUT2D eigenvalue weighted by molar-refractivity contribution is 6.14. The fraction of sp³-hybridized carbons (Fsp3) is 0.0317. The predicted molar refractivity (Wildman–Crippen MR) is 284 cm³/mol. The molecule has 1 aliphatic carbocycles. The van der Waals surface area contributed by atoms with Crippen molar-refractivity contribution in [1.82, 2.24) is 24.1 Å². The van der Waals surface area contributed by atoms with Gasteiger partial charge in [-0.05, 0) is 120 Å². The van der Waals surface area contributed by atoms with Crippen LogP contribution in [0.1, 0.15) is 18.7 Å². The first kappa shape index (κ1) is 39.1. The normalized spacial score (nSPS) is 12.8. The van der Waals surface area contributed by atoms with Crippen LogP contribution in [0.15, 0.2) is 229 Å². The molecule has 69 heavy (non-hydrogen) atoms. The molecule has 324 valence electrons. The highest BCUT2D eigenvalue weighted by Crippen LogP contribution is 2.42. The van der Waals surface area contributed by atoms with E-state index in [1.807, 2.05) is 30.3 Å². The lowest BCUT2D eigenvalue weighted by Gasteiger charge is -2.10. The molecule has 0 aliphatic heterocycles. The number of rotatable bonds is 7. The summed E-state index contributed by atoms with van der Waals surface area (Å²) >= 11 is 0. The van der Waals surface area contributed by atoms with Crippen LogP contribution in [0.25, 0.3) is 128 Å². The van der Waals surface area contributed by atoms with Gasteiger partial charge in [0.2, 0.25) is 0 Å². The number of furan rings is 1. The molecule has 0 saturated heterocycles. The number of fused-ring (bicyclic) bond motifs is 9. The summed E-state index contributed by atoms with van der Waals surface area (Å²) in [5, 5.41) is 6.92. The van der Waals surface area contributed by atoms with E-state index in [0.717, 1.165) is 85.0 Å². The second-order valence-corrected chi connectivity index (χ2v) is 17.9. The maximum absolute atomic E-state index is 6.74. The Labute approximate surface area is 397 Å². The molecule has 6 heteroatoms. The molecule has 0 bridgehead atoms.